The number of piperidine rings is 1. The molecule has 3 rings (SSSR count). The molecule has 4 nitrogen and oxygen atoms in total. The zero-order valence-electron chi connectivity index (χ0n) is 15.5. The molecular formula is C20H30FN3O. The highest BCUT2D eigenvalue weighted by Gasteiger charge is 2.29. The molecule has 0 N–H and O–H groups in total. The van der Waals surface area contributed by atoms with Crippen LogP contribution < -0.4 is 0 Å². The van der Waals surface area contributed by atoms with Crippen LogP contribution in [0.25, 0.3) is 0 Å². The third-order valence-corrected chi connectivity index (χ3v) is 5.47. The van der Waals surface area contributed by atoms with Gasteiger partial charge in [0.1, 0.15) is 5.82 Å². The Morgan fingerprint density at radius 3 is 2.36 bits per heavy atom. The summed E-state index contributed by atoms with van der Waals surface area (Å²) in [6, 6.07) is 7.14. The van der Waals surface area contributed by atoms with Crippen LogP contribution in [0.2, 0.25) is 0 Å². The number of likely N-dealkylation sites (tertiary alicyclic amines) is 1. The third kappa shape index (κ3) is 5.02. The summed E-state index contributed by atoms with van der Waals surface area (Å²) in [7, 11) is 0. The van der Waals surface area contributed by atoms with Gasteiger partial charge < -0.3 is 9.80 Å². The van der Waals surface area contributed by atoms with Gasteiger partial charge in [-0.25, -0.2) is 4.39 Å². The van der Waals surface area contributed by atoms with Crippen molar-refractivity contribution in [3.63, 3.8) is 0 Å². The topological polar surface area (TPSA) is 26.8 Å². The molecule has 5 heteroatoms. The van der Waals surface area contributed by atoms with Crippen molar-refractivity contribution in [2.45, 2.75) is 39.3 Å². The molecule has 1 aromatic rings. The van der Waals surface area contributed by atoms with Crippen LogP contribution in [0, 0.1) is 11.7 Å². The van der Waals surface area contributed by atoms with Crippen LogP contribution in [-0.4, -0.2) is 65.9 Å². The second-order valence-electron chi connectivity index (χ2n) is 7.75. The second-order valence-corrected chi connectivity index (χ2v) is 7.75. The van der Waals surface area contributed by atoms with Crippen molar-refractivity contribution in [3.05, 3.63) is 35.6 Å². The second kappa shape index (κ2) is 8.28. The highest BCUT2D eigenvalue weighted by atomic mass is 19.1. The number of benzene rings is 1. The maximum absolute atomic E-state index is 13.0. The normalized spacial score (nSPS) is 23.4. The molecule has 1 amide bonds. The molecule has 1 atom stereocenters. The zero-order chi connectivity index (χ0) is 17.8. The molecule has 0 aromatic heterocycles. The Hall–Kier alpha value is -1.46. The lowest BCUT2D eigenvalue weighted by molar-refractivity contribution is -0.137. The van der Waals surface area contributed by atoms with Crippen molar-refractivity contribution in [2.75, 3.05) is 39.3 Å². The number of rotatable bonds is 5. The number of hydrogen-bond donors (Lipinski definition) is 0. The Bertz CT molecular complexity index is 567. The minimum absolute atomic E-state index is 0.171. The van der Waals surface area contributed by atoms with Gasteiger partial charge in [0.25, 0.3) is 0 Å². The Kier molecular flexibility index (Phi) is 6.07. The Morgan fingerprint density at radius 2 is 1.72 bits per heavy atom. The van der Waals surface area contributed by atoms with Crippen molar-refractivity contribution < 1.29 is 9.18 Å². The Balaban J connectivity index is 1.43. The van der Waals surface area contributed by atoms with Crippen LogP contribution in [0.5, 0.6) is 0 Å². The average Bonchev–Trinajstić information content (AvgIpc) is 2.60. The number of hydrogen-bond acceptors (Lipinski definition) is 3. The molecule has 2 aliphatic rings. The predicted octanol–water partition coefficient (Wildman–Crippen LogP) is 2.59. The summed E-state index contributed by atoms with van der Waals surface area (Å²) in [5.41, 5.74) is 1.17. The first kappa shape index (κ1) is 18.3. The quantitative estimate of drug-likeness (QED) is 0.819. The van der Waals surface area contributed by atoms with Gasteiger partial charge in [-0.1, -0.05) is 12.1 Å². The molecule has 0 radical (unpaired) electrons. The van der Waals surface area contributed by atoms with Crippen LogP contribution in [0.3, 0.4) is 0 Å². The van der Waals surface area contributed by atoms with Gasteiger partial charge in [0, 0.05) is 58.3 Å². The maximum Gasteiger partial charge on any atom is 0.222 e. The van der Waals surface area contributed by atoms with E-state index in [9.17, 15) is 9.18 Å². The molecule has 2 fully saturated rings. The fourth-order valence-corrected chi connectivity index (χ4v) is 3.93. The summed E-state index contributed by atoms with van der Waals surface area (Å²) in [6.45, 7) is 11.4. The molecule has 2 heterocycles. The molecule has 2 saturated heterocycles. The van der Waals surface area contributed by atoms with Crippen molar-refractivity contribution in [1.29, 1.82) is 0 Å². The monoisotopic (exact) mass is 347 g/mol. The van der Waals surface area contributed by atoms with Gasteiger partial charge in [-0.15, -0.1) is 0 Å². The summed E-state index contributed by atoms with van der Waals surface area (Å²) in [6.07, 6.45) is 1.73. The lowest BCUT2D eigenvalue weighted by Crippen LogP contribution is -2.51. The smallest absolute Gasteiger partial charge is 0.222 e. The van der Waals surface area contributed by atoms with Crippen molar-refractivity contribution in [1.82, 2.24) is 14.7 Å². The molecule has 0 saturated carbocycles. The van der Waals surface area contributed by atoms with Gasteiger partial charge in [0.2, 0.25) is 5.91 Å². The van der Waals surface area contributed by atoms with Gasteiger partial charge in [-0.3, -0.25) is 9.69 Å². The number of nitrogens with zero attached hydrogens (tertiary/aromatic N) is 3. The largest absolute Gasteiger partial charge is 0.340 e. The Labute approximate surface area is 150 Å². The van der Waals surface area contributed by atoms with E-state index in [-0.39, 0.29) is 5.82 Å². The van der Waals surface area contributed by atoms with Crippen molar-refractivity contribution >= 4 is 5.91 Å². The molecule has 25 heavy (non-hydrogen) atoms. The Morgan fingerprint density at radius 1 is 1.08 bits per heavy atom. The first-order valence-corrected chi connectivity index (χ1v) is 9.50. The van der Waals surface area contributed by atoms with E-state index in [1.54, 1.807) is 0 Å². The fraction of sp³-hybridized carbons (Fsp3) is 0.650. The number of carbonyl (C=O) groups is 1. The number of piperazine rings is 1. The molecule has 0 spiro atoms. The van der Waals surface area contributed by atoms with E-state index in [2.05, 4.69) is 23.6 Å². The van der Waals surface area contributed by atoms with E-state index in [4.69, 9.17) is 0 Å². The van der Waals surface area contributed by atoms with E-state index in [1.165, 1.54) is 17.7 Å². The molecule has 2 aliphatic heterocycles. The predicted molar refractivity (Wildman–Crippen MR) is 97.7 cm³/mol. The van der Waals surface area contributed by atoms with Gasteiger partial charge in [0.05, 0.1) is 0 Å². The van der Waals surface area contributed by atoms with Crippen LogP contribution in [0.15, 0.2) is 24.3 Å². The van der Waals surface area contributed by atoms with Crippen molar-refractivity contribution in [3.8, 4) is 0 Å². The lowest BCUT2D eigenvalue weighted by Gasteiger charge is -2.40. The van der Waals surface area contributed by atoms with Gasteiger partial charge in [0.15, 0.2) is 0 Å². The van der Waals surface area contributed by atoms with E-state index in [0.717, 1.165) is 52.2 Å². The number of carbonyl (C=O) groups excluding carboxylic acids is 1. The number of amides is 1. The van der Waals surface area contributed by atoms with Gasteiger partial charge in [-0.05, 0) is 43.9 Å². The van der Waals surface area contributed by atoms with E-state index >= 15 is 0 Å². The standard InChI is InChI=1S/C20H30FN3O/c1-16(2)24-15-18(5-8-20(24)25)14-23-11-9-22(10-12-23)13-17-3-6-19(21)7-4-17/h3-4,6-7,16,18H,5,8-15H2,1-2H3. The van der Waals surface area contributed by atoms with Gasteiger partial charge in [-0.2, -0.15) is 0 Å². The SMILES string of the molecule is CC(C)N1CC(CN2CCN(Cc3ccc(F)cc3)CC2)CCC1=O. The van der Waals surface area contributed by atoms with E-state index < -0.39 is 0 Å². The highest BCUT2D eigenvalue weighted by Crippen LogP contribution is 2.21. The lowest BCUT2D eigenvalue weighted by atomic mass is 9.95. The summed E-state index contributed by atoms with van der Waals surface area (Å²) in [5.74, 6) is 0.745. The minimum Gasteiger partial charge on any atom is -0.340 e. The number of halogens is 1. The van der Waals surface area contributed by atoms with Crippen LogP contribution in [0.1, 0.15) is 32.3 Å². The molecule has 0 bridgehead atoms. The maximum atomic E-state index is 13.0. The summed E-state index contributed by atoms with van der Waals surface area (Å²) in [5, 5.41) is 0. The molecule has 138 valence electrons. The third-order valence-electron chi connectivity index (χ3n) is 5.47. The first-order valence-electron chi connectivity index (χ1n) is 9.50. The molecular weight excluding hydrogens is 317 g/mol. The summed E-state index contributed by atoms with van der Waals surface area (Å²) < 4.78 is 13.0. The molecule has 1 aromatic carbocycles. The van der Waals surface area contributed by atoms with E-state index in [1.807, 2.05) is 17.0 Å². The average molecular weight is 347 g/mol. The summed E-state index contributed by atoms with van der Waals surface area (Å²) in [4.78, 5) is 19.0. The van der Waals surface area contributed by atoms with Crippen LogP contribution >= 0.6 is 0 Å². The first-order chi connectivity index (χ1) is 12.0. The molecule has 1 unspecified atom stereocenters. The molecule has 0 aliphatic carbocycles. The summed E-state index contributed by atoms with van der Waals surface area (Å²) >= 11 is 0. The minimum atomic E-state index is -0.171. The van der Waals surface area contributed by atoms with Gasteiger partial charge >= 0.3 is 0 Å². The van der Waals surface area contributed by atoms with Crippen LogP contribution in [0.4, 0.5) is 4.39 Å². The fourth-order valence-electron chi connectivity index (χ4n) is 3.93. The highest BCUT2D eigenvalue weighted by molar-refractivity contribution is 5.77. The van der Waals surface area contributed by atoms with Crippen LogP contribution in [-0.2, 0) is 11.3 Å². The van der Waals surface area contributed by atoms with Crippen molar-refractivity contribution in [2.24, 2.45) is 5.92 Å². The van der Waals surface area contributed by atoms with E-state index in [0.29, 0.717) is 24.3 Å². The zero-order valence-corrected chi connectivity index (χ0v) is 15.5.